The zero-order valence-corrected chi connectivity index (χ0v) is 11.5. The van der Waals surface area contributed by atoms with Crippen molar-refractivity contribution in [2.45, 2.75) is 17.8 Å². The highest BCUT2D eigenvalue weighted by molar-refractivity contribution is 7.99. The summed E-state index contributed by atoms with van der Waals surface area (Å²) in [5.41, 5.74) is 5.50. The Morgan fingerprint density at radius 3 is 2.83 bits per heavy atom. The van der Waals surface area contributed by atoms with Crippen LogP contribution in [0.25, 0.3) is 0 Å². The lowest BCUT2D eigenvalue weighted by atomic mass is 10.4. The molecular formula is C10H20N4O3S. The molecule has 1 aromatic heterocycles. The van der Waals surface area contributed by atoms with Crippen molar-refractivity contribution in [3.63, 3.8) is 0 Å². The standard InChI is InChI=1S/C10H20N4O3S/c1-14-9(5-11)12-13-10(14)18-7-8(15)6-17-4-3-16-2/h8,15H,3-7,11H2,1-2H3. The van der Waals surface area contributed by atoms with Gasteiger partial charge < -0.3 is 24.9 Å². The molecule has 0 aliphatic rings. The molecule has 18 heavy (non-hydrogen) atoms. The summed E-state index contributed by atoms with van der Waals surface area (Å²) in [6.45, 7) is 1.66. The SMILES string of the molecule is COCCOCC(O)CSc1nnc(CN)n1C. The highest BCUT2D eigenvalue weighted by Crippen LogP contribution is 2.16. The molecule has 1 heterocycles. The summed E-state index contributed by atoms with van der Waals surface area (Å²) in [4.78, 5) is 0. The van der Waals surface area contributed by atoms with Gasteiger partial charge in [-0.25, -0.2) is 0 Å². The zero-order valence-electron chi connectivity index (χ0n) is 10.7. The van der Waals surface area contributed by atoms with Crippen LogP contribution in [0.15, 0.2) is 5.16 Å². The minimum atomic E-state index is -0.537. The van der Waals surface area contributed by atoms with Gasteiger partial charge in [0, 0.05) is 19.9 Å². The predicted octanol–water partition coefficient (Wildman–Crippen LogP) is -0.610. The predicted molar refractivity (Wildman–Crippen MR) is 68.3 cm³/mol. The second-order valence-corrected chi connectivity index (χ2v) is 4.68. The number of hydrogen-bond acceptors (Lipinski definition) is 7. The summed E-state index contributed by atoms with van der Waals surface area (Å²) in [5.74, 6) is 1.23. The number of hydrogen-bond donors (Lipinski definition) is 2. The molecule has 0 saturated carbocycles. The molecule has 3 N–H and O–H groups in total. The first-order valence-electron chi connectivity index (χ1n) is 5.65. The van der Waals surface area contributed by atoms with Gasteiger partial charge in [-0.3, -0.25) is 0 Å². The maximum absolute atomic E-state index is 9.70. The average Bonchev–Trinajstić information content (AvgIpc) is 2.73. The van der Waals surface area contributed by atoms with Crippen LogP contribution in [-0.2, 0) is 23.1 Å². The van der Waals surface area contributed by atoms with Crippen molar-refractivity contribution in [1.82, 2.24) is 14.8 Å². The first-order valence-corrected chi connectivity index (χ1v) is 6.63. The Kier molecular flexibility index (Phi) is 7.21. The number of thioether (sulfide) groups is 1. The van der Waals surface area contributed by atoms with Crippen LogP contribution < -0.4 is 5.73 Å². The molecule has 0 aromatic carbocycles. The van der Waals surface area contributed by atoms with Gasteiger partial charge in [0.1, 0.15) is 5.82 Å². The molecule has 0 amide bonds. The number of aromatic nitrogens is 3. The fraction of sp³-hybridized carbons (Fsp3) is 0.800. The maximum Gasteiger partial charge on any atom is 0.191 e. The first kappa shape index (κ1) is 15.4. The lowest BCUT2D eigenvalue weighted by Gasteiger charge is -2.10. The Hall–Kier alpha value is -0.670. The van der Waals surface area contributed by atoms with Crippen LogP contribution in [0.2, 0.25) is 0 Å². The van der Waals surface area contributed by atoms with E-state index in [0.717, 1.165) is 11.0 Å². The fourth-order valence-corrected chi connectivity index (χ4v) is 2.06. The number of ether oxygens (including phenoxy) is 2. The molecular weight excluding hydrogens is 256 g/mol. The van der Waals surface area contributed by atoms with Crippen LogP contribution in [0.5, 0.6) is 0 Å². The molecule has 1 rings (SSSR count). The summed E-state index contributed by atoms with van der Waals surface area (Å²) in [6, 6.07) is 0. The van der Waals surface area contributed by atoms with Gasteiger partial charge in [-0.05, 0) is 0 Å². The van der Waals surface area contributed by atoms with E-state index in [1.54, 1.807) is 7.11 Å². The van der Waals surface area contributed by atoms with Crippen LogP contribution in [0.4, 0.5) is 0 Å². The highest BCUT2D eigenvalue weighted by atomic mass is 32.2. The number of aliphatic hydroxyl groups is 1. The molecule has 1 aromatic rings. The molecule has 0 fully saturated rings. The summed E-state index contributed by atoms with van der Waals surface area (Å²) in [7, 11) is 3.46. The first-order chi connectivity index (χ1) is 8.69. The summed E-state index contributed by atoms with van der Waals surface area (Å²) in [5, 5.41) is 18.4. The molecule has 1 unspecified atom stereocenters. The lowest BCUT2D eigenvalue weighted by Crippen LogP contribution is -2.19. The Morgan fingerprint density at radius 1 is 1.44 bits per heavy atom. The van der Waals surface area contributed by atoms with Crippen molar-refractivity contribution in [2.24, 2.45) is 12.8 Å². The molecule has 0 saturated heterocycles. The molecule has 8 heteroatoms. The molecule has 0 aliphatic carbocycles. The third-order valence-corrected chi connectivity index (χ3v) is 3.42. The second-order valence-electron chi connectivity index (χ2n) is 3.69. The Labute approximate surface area is 111 Å². The van der Waals surface area contributed by atoms with Gasteiger partial charge in [0.15, 0.2) is 5.16 Å². The van der Waals surface area contributed by atoms with E-state index in [0.29, 0.717) is 25.5 Å². The van der Waals surface area contributed by atoms with Gasteiger partial charge in [0.2, 0.25) is 0 Å². The maximum atomic E-state index is 9.70. The van der Waals surface area contributed by atoms with Gasteiger partial charge in [-0.2, -0.15) is 0 Å². The number of aliphatic hydroxyl groups excluding tert-OH is 1. The van der Waals surface area contributed by atoms with E-state index in [4.69, 9.17) is 15.2 Å². The molecule has 0 aliphatic heterocycles. The Morgan fingerprint density at radius 2 is 2.22 bits per heavy atom. The minimum absolute atomic E-state index is 0.290. The molecule has 104 valence electrons. The third-order valence-electron chi connectivity index (χ3n) is 2.25. The Balaban J connectivity index is 2.24. The van der Waals surface area contributed by atoms with Crippen molar-refractivity contribution in [3.8, 4) is 0 Å². The summed E-state index contributed by atoms with van der Waals surface area (Å²) < 4.78 is 11.9. The van der Waals surface area contributed by atoms with Crippen molar-refractivity contribution < 1.29 is 14.6 Å². The molecule has 7 nitrogen and oxygen atoms in total. The van der Waals surface area contributed by atoms with Gasteiger partial charge in [-0.15, -0.1) is 10.2 Å². The van der Waals surface area contributed by atoms with Gasteiger partial charge >= 0.3 is 0 Å². The van der Waals surface area contributed by atoms with Gasteiger partial charge in [0.05, 0.1) is 32.5 Å². The number of rotatable bonds is 9. The number of nitrogens with zero attached hydrogens (tertiary/aromatic N) is 3. The van der Waals surface area contributed by atoms with Crippen LogP contribution in [-0.4, -0.2) is 58.7 Å². The van der Waals surface area contributed by atoms with Gasteiger partial charge in [-0.1, -0.05) is 11.8 Å². The van der Waals surface area contributed by atoms with Crippen LogP contribution in [0.3, 0.4) is 0 Å². The van der Waals surface area contributed by atoms with Crippen molar-refractivity contribution >= 4 is 11.8 Å². The normalized spacial score (nSPS) is 12.9. The molecule has 0 spiro atoms. The van der Waals surface area contributed by atoms with Crippen LogP contribution in [0, 0.1) is 0 Å². The summed E-state index contributed by atoms with van der Waals surface area (Å²) in [6.07, 6.45) is -0.537. The minimum Gasteiger partial charge on any atom is -0.390 e. The zero-order chi connectivity index (χ0) is 13.4. The van der Waals surface area contributed by atoms with E-state index in [2.05, 4.69) is 10.2 Å². The van der Waals surface area contributed by atoms with Crippen molar-refractivity contribution in [1.29, 1.82) is 0 Å². The number of nitrogens with two attached hydrogens (primary N) is 1. The van der Waals surface area contributed by atoms with Crippen LogP contribution in [0.1, 0.15) is 5.82 Å². The fourth-order valence-electron chi connectivity index (χ4n) is 1.23. The van der Waals surface area contributed by atoms with Gasteiger partial charge in [0.25, 0.3) is 0 Å². The van der Waals surface area contributed by atoms with E-state index in [1.165, 1.54) is 11.8 Å². The topological polar surface area (TPSA) is 95.4 Å². The quantitative estimate of drug-likeness (QED) is 0.459. The second kappa shape index (κ2) is 8.44. The molecule has 1 atom stereocenters. The molecule has 0 bridgehead atoms. The van der Waals surface area contributed by atoms with Crippen molar-refractivity contribution in [3.05, 3.63) is 5.82 Å². The largest absolute Gasteiger partial charge is 0.390 e. The average molecular weight is 276 g/mol. The van der Waals surface area contributed by atoms with E-state index in [9.17, 15) is 5.11 Å². The van der Waals surface area contributed by atoms with E-state index < -0.39 is 6.10 Å². The highest BCUT2D eigenvalue weighted by Gasteiger charge is 2.11. The van der Waals surface area contributed by atoms with Crippen LogP contribution >= 0.6 is 11.8 Å². The smallest absolute Gasteiger partial charge is 0.191 e. The van der Waals surface area contributed by atoms with E-state index >= 15 is 0 Å². The molecule has 0 radical (unpaired) electrons. The van der Waals surface area contributed by atoms with Crippen molar-refractivity contribution in [2.75, 3.05) is 32.7 Å². The summed E-state index contributed by atoms with van der Waals surface area (Å²) >= 11 is 1.43. The van der Waals surface area contributed by atoms with E-state index in [1.807, 2.05) is 11.6 Å². The third kappa shape index (κ3) is 4.91. The van der Waals surface area contributed by atoms with E-state index in [-0.39, 0.29) is 6.61 Å². The number of methoxy groups -OCH3 is 1. The lowest BCUT2D eigenvalue weighted by molar-refractivity contribution is 0.0218. The monoisotopic (exact) mass is 276 g/mol. The Bertz CT molecular complexity index is 348.